The number of aliphatic hydroxyl groups excluding tert-OH is 1. The Labute approximate surface area is 181 Å². The maximum Gasteiger partial charge on any atom is 0.302 e. The summed E-state index contributed by atoms with van der Waals surface area (Å²) in [6, 6.07) is 0. The van der Waals surface area contributed by atoms with Crippen molar-refractivity contribution in [3.63, 3.8) is 0 Å². The first-order chi connectivity index (χ1) is 14.4. The molecular weight excluding hydrogens is 376 g/mol. The van der Waals surface area contributed by atoms with Gasteiger partial charge in [-0.05, 0) is 87.0 Å². The fourth-order valence-electron chi connectivity index (χ4n) is 7.99. The van der Waals surface area contributed by atoms with Gasteiger partial charge in [0.15, 0.2) is 0 Å². The summed E-state index contributed by atoms with van der Waals surface area (Å²) < 4.78 is 12.1. The summed E-state index contributed by atoms with van der Waals surface area (Å²) in [6.45, 7) is 4.65. The van der Waals surface area contributed by atoms with Crippen LogP contribution >= 0.6 is 0 Å². The van der Waals surface area contributed by atoms with Crippen molar-refractivity contribution in [1.29, 1.82) is 0 Å². The monoisotopic (exact) mass is 414 g/mol. The molecule has 0 heterocycles. The number of hydrogen-bond donors (Lipinski definition) is 1. The molecule has 1 N–H and O–H groups in total. The molecule has 0 aromatic heterocycles. The minimum Gasteiger partial charge on any atom is -0.497 e. The number of rotatable bonds is 4. The van der Waals surface area contributed by atoms with Crippen molar-refractivity contribution < 1.29 is 19.4 Å². The van der Waals surface area contributed by atoms with E-state index in [0.717, 1.165) is 58.0 Å². The van der Waals surface area contributed by atoms with Crippen LogP contribution < -0.4 is 0 Å². The molecule has 3 fully saturated rings. The third-order valence-corrected chi connectivity index (χ3v) is 9.58. The van der Waals surface area contributed by atoms with Crippen LogP contribution in [0.5, 0.6) is 0 Å². The Bertz CT molecular complexity index is 754. The number of allylic oxidation sites excluding steroid dienone is 3. The van der Waals surface area contributed by atoms with Crippen LogP contribution in [0.2, 0.25) is 0 Å². The molecular formula is C26H38O4. The van der Waals surface area contributed by atoms with E-state index in [0.29, 0.717) is 17.8 Å². The summed E-state index contributed by atoms with van der Waals surface area (Å²) in [5.74, 6) is 2.92. The Morgan fingerprint density at radius 3 is 2.80 bits per heavy atom. The first-order valence-electron chi connectivity index (χ1n) is 12.3. The molecule has 3 saturated carbocycles. The lowest BCUT2D eigenvalue weighted by Crippen LogP contribution is -2.54. The van der Waals surface area contributed by atoms with Crippen LogP contribution in [0.3, 0.4) is 0 Å². The zero-order chi connectivity index (χ0) is 20.9. The topological polar surface area (TPSA) is 55.8 Å². The molecule has 7 atom stereocenters. The molecule has 0 aliphatic heterocycles. The number of esters is 1. The van der Waals surface area contributed by atoms with Crippen LogP contribution in [-0.2, 0) is 14.3 Å². The van der Waals surface area contributed by atoms with E-state index in [2.05, 4.69) is 19.1 Å². The Balaban J connectivity index is 1.44. The third kappa shape index (κ3) is 3.25. The van der Waals surface area contributed by atoms with Crippen molar-refractivity contribution in [2.75, 3.05) is 6.61 Å². The molecule has 5 rings (SSSR count). The highest BCUT2D eigenvalue weighted by atomic mass is 16.5. The predicted molar refractivity (Wildman–Crippen MR) is 115 cm³/mol. The van der Waals surface area contributed by atoms with Gasteiger partial charge in [-0.3, -0.25) is 4.79 Å². The van der Waals surface area contributed by atoms with Crippen molar-refractivity contribution in [2.45, 2.75) is 96.7 Å². The summed E-state index contributed by atoms with van der Waals surface area (Å²) >= 11 is 0. The third-order valence-electron chi connectivity index (χ3n) is 9.58. The van der Waals surface area contributed by atoms with Gasteiger partial charge in [0.2, 0.25) is 0 Å². The summed E-state index contributed by atoms with van der Waals surface area (Å²) in [4.78, 5) is 11.6. The van der Waals surface area contributed by atoms with Gasteiger partial charge in [-0.2, -0.15) is 0 Å². The van der Waals surface area contributed by atoms with Gasteiger partial charge in [0.1, 0.15) is 6.10 Å². The van der Waals surface area contributed by atoms with E-state index >= 15 is 0 Å². The smallest absolute Gasteiger partial charge is 0.302 e. The Morgan fingerprint density at radius 1 is 1.17 bits per heavy atom. The summed E-state index contributed by atoms with van der Waals surface area (Å²) in [6.07, 6.45) is 16.5. The van der Waals surface area contributed by atoms with E-state index in [1.165, 1.54) is 37.5 Å². The molecule has 0 amide bonds. The minimum atomic E-state index is -0.164. The molecule has 166 valence electrons. The number of carbonyl (C=O) groups excluding carboxylic acids is 1. The van der Waals surface area contributed by atoms with Crippen molar-refractivity contribution in [2.24, 2.45) is 28.6 Å². The first kappa shape index (κ1) is 20.6. The molecule has 5 aliphatic carbocycles. The minimum absolute atomic E-state index is 0.0197. The number of ether oxygens (including phenoxy) is 2. The largest absolute Gasteiger partial charge is 0.497 e. The SMILES string of the molecule is CC(=O)OC1CC[C@@]2(COC3=CCCC3)C(=CC[C@@H]3[C@H]2CC[C@]2(C)C(O)CC[C@@H]32)C1. The predicted octanol–water partition coefficient (Wildman–Crippen LogP) is 5.31. The van der Waals surface area contributed by atoms with Gasteiger partial charge in [0.25, 0.3) is 0 Å². The van der Waals surface area contributed by atoms with Crippen LogP contribution in [0, 0.1) is 28.6 Å². The van der Waals surface area contributed by atoms with Gasteiger partial charge in [0, 0.05) is 25.2 Å². The maximum absolute atomic E-state index is 11.6. The van der Waals surface area contributed by atoms with Crippen molar-refractivity contribution >= 4 is 5.97 Å². The van der Waals surface area contributed by atoms with Crippen molar-refractivity contribution in [1.82, 2.24) is 0 Å². The molecule has 30 heavy (non-hydrogen) atoms. The van der Waals surface area contributed by atoms with E-state index in [-0.39, 0.29) is 29.0 Å². The second kappa shape index (κ2) is 7.69. The van der Waals surface area contributed by atoms with Crippen molar-refractivity contribution in [3.05, 3.63) is 23.5 Å². The Hall–Kier alpha value is -1.29. The lowest BCUT2D eigenvalue weighted by atomic mass is 9.47. The highest BCUT2D eigenvalue weighted by molar-refractivity contribution is 5.66. The van der Waals surface area contributed by atoms with E-state index in [9.17, 15) is 9.90 Å². The Morgan fingerprint density at radius 2 is 2.03 bits per heavy atom. The van der Waals surface area contributed by atoms with Crippen LogP contribution in [0.25, 0.3) is 0 Å². The normalized spacial score (nSPS) is 45.0. The van der Waals surface area contributed by atoms with Crippen LogP contribution in [-0.4, -0.2) is 29.9 Å². The summed E-state index contributed by atoms with van der Waals surface area (Å²) in [5.41, 5.74) is 1.66. The quantitative estimate of drug-likeness (QED) is 0.500. The fraction of sp³-hybridized carbons (Fsp3) is 0.808. The molecule has 0 aromatic rings. The molecule has 4 nitrogen and oxygen atoms in total. The lowest BCUT2D eigenvalue weighted by molar-refractivity contribution is -0.149. The fourth-order valence-corrected chi connectivity index (χ4v) is 7.99. The van der Waals surface area contributed by atoms with Gasteiger partial charge in [-0.1, -0.05) is 18.6 Å². The molecule has 0 spiro atoms. The zero-order valence-electron chi connectivity index (χ0n) is 18.7. The number of carbonyl (C=O) groups is 1. The van der Waals surface area contributed by atoms with Gasteiger partial charge in [0.05, 0.1) is 18.5 Å². The molecule has 0 bridgehead atoms. The van der Waals surface area contributed by atoms with Crippen molar-refractivity contribution in [3.8, 4) is 0 Å². The summed E-state index contributed by atoms with van der Waals surface area (Å²) in [5, 5.41) is 10.7. The molecule has 2 unspecified atom stereocenters. The number of aliphatic hydroxyl groups is 1. The maximum atomic E-state index is 11.6. The van der Waals surface area contributed by atoms with Gasteiger partial charge in [-0.15, -0.1) is 0 Å². The average Bonchev–Trinajstić information content (AvgIpc) is 3.34. The summed E-state index contributed by atoms with van der Waals surface area (Å²) in [7, 11) is 0. The second-order valence-corrected chi connectivity index (χ2v) is 11.0. The molecule has 4 heteroatoms. The average molecular weight is 415 g/mol. The molecule has 5 aliphatic rings. The van der Waals surface area contributed by atoms with E-state index in [1.807, 2.05) is 0 Å². The first-order valence-corrected chi connectivity index (χ1v) is 12.3. The molecule has 0 aromatic carbocycles. The highest BCUT2D eigenvalue weighted by Crippen LogP contribution is 2.65. The highest BCUT2D eigenvalue weighted by Gasteiger charge is 2.60. The number of hydrogen-bond acceptors (Lipinski definition) is 4. The van der Waals surface area contributed by atoms with E-state index in [4.69, 9.17) is 9.47 Å². The zero-order valence-corrected chi connectivity index (χ0v) is 18.7. The second-order valence-electron chi connectivity index (χ2n) is 11.0. The lowest BCUT2D eigenvalue weighted by Gasteiger charge is -2.58. The molecule has 0 saturated heterocycles. The van der Waals surface area contributed by atoms with E-state index in [1.54, 1.807) is 0 Å². The standard InChI is InChI=1S/C26H38O4/c1-17(27)30-20-11-14-26(16-29-19-5-3-4-6-19)18(15-20)7-8-21-22-9-10-24(28)25(22,2)13-12-23(21)26/h5,7,20-24,28H,3-4,6,8-16H2,1-2H3/t20?,21-,22-,23+,24?,25-,26+/m0/s1. The van der Waals surface area contributed by atoms with Gasteiger partial charge in [-0.25, -0.2) is 0 Å². The van der Waals surface area contributed by atoms with Gasteiger partial charge >= 0.3 is 5.97 Å². The van der Waals surface area contributed by atoms with E-state index < -0.39 is 0 Å². The molecule has 0 radical (unpaired) electrons. The Kier molecular flexibility index (Phi) is 5.28. The van der Waals surface area contributed by atoms with Crippen LogP contribution in [0.15, 0.2) is 23.5 Å². The van der Waals surface area contributed by atoms with Crippen LogP contribution in [0.4, 0.5) is 0 Å². The van der Waals surface area contributed by atoms with Gasteiger partial charge < -0.3 is 14.6 Å². The van der Waals surface area contributed by atoms with Crippen LogP contribution in [0.1, 0.15) is 84.5 Å². The number of fused-ring (bicyclic) bond motifs is 5.